The summed E-state index contributed by atoms with van der Waals surface area (Å²) in [6, 6.07) is 9.78. The Morgan fingerprint density at radius 1 is 1.14 bits per heavy atom. The van der Waals surface area contributed by atoms with Crippen molar-refractivity contribution >= 4 is 16.3 Å². The normalized spacial score (nSPS) is 17.2. The van der Waals surface area contributed by atoms with Crippen LogP contribution < -0.4 is 5.73 Å². The van der Waals surface area contributed by atoms with Crippen molar-refractivity contribution < 1.29 is 5.11 Å². The summed E-state index contributed by atoms with van der Waals surface area (Å²) in [5.41, 5.74) is 7.92. The third kappa shape index (κ3) is 3.37. The van der Waals surface area contributed by atoms with E-state index in [-0.39, 0.29) is 0 Å². The molecule has 21 heavy (non-hydrogen) atoms. The van der Waals surface area contributed by atoms with Crippen LogP contribution in [0.5, 0.6) is 5.75 Å². The van der Waals surface area contributed by atoms with Gasteiger partial charge in [-0.05, 0) is 42.9 Å². The molecule has 1 aromatic heterocycles. The fourth-order valence-electron chi connectivity index (χ4n) is 2.62. The molecule has 0 saturated carbocycles. The minimum Gasteiger partial charge on any atom is -0.508 e. The molecule has 0 radical (unpaired) electrons. The molecule has 1 saturated heterocycles. The monoisotopic (exact) mass is 303 g/mol. The Hall–Kier alpha value is -1.56. The van der Waals surface area contributed by atoms with E-state index in [2.05, 4.69) is 22.9 Å². The summed E-state index contributed by atoms with van der Waals surface area (Å²) < 4.78 is 0. The van der Waals surface area contributed by atoms with Gasteiger partial charge in [-0.15, -0.1) is 11.3 Å². The molecule has 0 bridgehead atoms. The molecule has 1 aromatic carbocycles. The van der Waals surface area contributed by atoms with Gasteiger partial charge < -0.3 is 15.7 Å². The van der Waals surface area contributed by atoms with Crippen LogP contribution >= 0.6 is 11.3 Å². The van der Waals surface area contributed by atoms with E-state index in [4.69, 9.17) is 5.73 Å². The molecule has 1 fully saturated rings. The van der Waals surface area contributed by atoms with Crippen molar-refractivity contribution in [1.82, 2.24) is 9.80 Å². The van der Waals surface area contributed by atoms with E-state index in [1.807, 2.05) is 18.2 Å². The Labute approximate surface area is 129 Å². The third-order valence-corrected chi connectivity index (χ3v) is 4.94. The summed E-state index contributed by atoms with van der Waals surface area (Å²) in [6.07, 6.45) is 0. The molecule has 5 heteroatoms. The fraction of sp³-hybridized carbons (Fsp3) is 0.375. The minimum absolute atomic E-state index is 0.377. The number of benzene rings is 1. The van der Waals surface area contributed by atoms with Gasteiger partial charge in [0.1, 0.15) is 5.75 Å². The number of likely N-dealkylation sites (N-methyl/N-ethyl adjacent to an activating group) is 1. The van der Waals surface area contributed by atoms with Gasteiger partial charge in [0.25, 0.3) is 0 Å². The standard InChI is InChI=1S/C16H21N3OS/c1-18-6-8-19(9-7-18)11-13-10-12(2-3-14(13)20)15-4-5-16(17)21-15/h2-5,10,20H,6-9,11,17H2,1H3. The molecule has 0 spiro atoms. The molecule has 112 valence electrons. The van der Waals surface area contributed by atoms with Crippen molar-refractivity contribution in [3.63, 3.8) is 0 Å². The fourth-order valence-corrected chi connectivity index (χ4v) is 3.39. The van der Waals surface area contributed by atoms with Crippen molar-refractivity contribution in [3.8, 4) is 16.2 Å². The molecule has 0 aliphatic carbocycles. The Morgan fingerprint density at radius 2 is 1.90 bits per heavy atom. The van der Waals surface area contributed by atoms with Gasteiger partial charge in [-0.2, -0.15) is 0 Å². The van der Waals surface area contributed by atoms with Gasteiger partial charge in [-0.3, -0.25) is 4.90 Å². The van der Waals surface area contributed by atoms with E-state index in [1.54, 1.807) is 17.4 Å². The average molecular weight is 303 g/mol. The molecule has 3 N–H and O–H groups in total. The SMILES string of the molecule is CN1CCN(Cc2cc(-c3ccc(N)s3)ccc2O)CC1. The molecule has 2 heterocycles. The second-order valence-electron chi connectivity index (χ2n) is 5.62. The van der Waals surface area contributed by atoms with Gasteiger partial charge in [-0.25, -0.2) is 0 Å². The number of nitrogens with two attached hydrogens (primary N) is 1. The number of thiophene rings is 1. The number of piperazine rings is 1. The number of nitrogens with zero attached hydrogens (tertiary/aromatic N) is 2. The lowest BCUT2D eigenvalue weighted by molar-refractivity contribution is 0.147. The van der Waals surface area contributed by atoms with Crippen LogP contribution in [0.2, 0.25) is 0 Å². The molecular weight excluding hydrogens is 282 g/mol. The Bertz CT molecular complexity index is 618. The van der Waals surface area contributed by atoms with Crippen molar-refractivity contribution in [1.29, 1.82) is 0 Å². The predicted octanol–water partition coefficient (Wildman–Crippen LogP) is 2.45. The number of phenolic OH excluding ortho intramolecular Hbond substituents is 1. The Kier molecular flexibility index (Phi) is 4.14. The first kappa shape index (κ1) is 14.4. The van der Waals surface area contributed by atoms with Gasteiger partial charge in [0.15, 0.2) is 0 Å². The number of aromatic hydroxyl groups is 1. The summed E-state index contributed by atoms with van der Waals surface area (Å²) in [4.78, 5) is 5.87. The molecule has 2 aromatic rings. The predicted molar refractivity (Wildman–Crippen MR) is 88.6 cm³/mol. The zero-order chi connectivity index (χ0) is 14.8. The topological polar surface area (TPSA) is 52.7 Å². The van der Waals surface area contributed by atoms with E-state index in [9.17, 15) is 5.11 Å². The van der Waals surface area contributed by atoms with Crippen molar-refractivity contribution in [3.05, 3.63) is 35.9 Å². The number of hydrogen-bond acceptors (Lipinski definition) is 5. The van der Waals surface area contributed by atoms with Crippen molar-refractivity contribution in [2.45, 2.75) is 6.54 Å². The quantitative estimate of drug-likeness (QED) is 0.914. The van der Waals surface area contributed by atoms with E-state index < -0.39 is 0 Å². The smallest absolute Gasteiger partial charge is 0.120 e. The molecule has 0 atom stereocenters. The first-order chi connectivity index (χ1) is 10.1. The molecule has 0 amide bonds. The number of nitrogen functional groups attached to an aromatic ring is 1. The first-order valence-electron chi connectivity index (χ1n) is 7.20. The van der Waals surface area contributed by atoms with Gasteiger partial charge in [0, 0.05) is 43.2 Å². The van der Waals surface area contributed by atoms with E-state index in [0.29, 0.717) is 5.75 Å². The summed E-state index contributed by atoms with van der Waals surface area (Å²) in [5, 5.41) is 10.9. The molecule has 1 aliphatic rings. The molecule has 1 aliphatic heterocycles. The zero-order valence-electron chi connectivity index (χ0n) is 12.2. The molecule has 4 nitrogen and oxygen atoms in total. The van der Waals surface area contributed by atoms with Crippen LogP contribution in [-0.4, -0.2) is 48.1 Å². The van der Waals surface area contributed by atoms with Crippen molar-refractivity contribution in [2.75, 3.05) is 39.0 Å². The van der Waals surface area contributed by atoms with E-state index in [0.717, 1.165) is 53.7 Å². The highest BCUT2D eigenvalue weighted by Gasteiger charge is 2.16. The van der Waals surface area contributed by atoms with Gasteiger partial charge in [0.05, 0.1) is 5.00 Å². The highest BCUT2D eigenvalue weighted by molar-refractivity contribution is 7.19. The molecule has 0 unspecified atom stereocenters. The lowest BCUT2D eigenvalue weighted by atomic mass is 10.1. The van der Waals surface area contributed by atoms with Crippen LogP contribution in [0.25, 0.3) is 10.4 Å². The number of rotatable bonds is 3. The summed E-state index contributed by atoms with van der Waals surface area (Å²) >= 11 is 1.58. The van der Waals surface area contributed by atoms with Gasteiger partial charge >= 0.3 is 0 Å². The highest BCUT2D eigenvalue weighted by Crippen LogP contribution is 2.32. The second-order valence-corrected chi connectivity index (χ2v) is 6.74. The van der Waals surface area contributed by atoms with E-state index in [1.165, 1.54) is 0 Å². The second kappa shape index (κ2) is 6.05. The first-order valence-corrected chi connectivity index (χ1v) is 8.02. The number of anilines is 1. The number of hydrogen-bond donors (Lipinski definition) is 2. The van der Waals surface area contributed by atoms with Crippen LogP contribution in [0.15, 0.2) is 30.3 Å². The maximum absolute atomic E-state index is 10.1. The number of phenols is 1. The highest BCUT2D eigenvalue weighted by atomic mass is 32.1. The summed E-state index contributed by atoms with van der Waals surface area (Å²) in [6.45, 7) is 5.07. The Balaban J connectivity index is 1.78. The van der Waals surface area contributed by atoms with Gasteiger partial charge in [-0.1, -0.05) is 0 Å². The lowest BCUT2D eigenvalue weighted by Crippen LogP contribution is -2.43. The van der Waals surface area contributed by atoms with Crippen LogP contribution in [-0.2, 0) is 6.54 Å². The molecular formula is C16H21N3OS. The summed E-state index contributed by atoms with van der Waals surface area (Å²) in [7, 11) is 2.15. The zero-order valence-corrected chi connectivity index (χ0v) is 13.1. The maximum Gasteiger partial charge on any atom is 0.120 e. The Morgan fingerprint density at radius 3 is 2.57 bits per heavy atom. The average Bonchev–Trinajstić information content (AvgIpc) is 2.90. The minimum atomic E-state index is 0.377. The molecule has 3 rings (SSSR count). The summed E-state index contributed by atoms with van der Waals surface area (Å²) in [5.74, 6) is 0.377. The van der Waals surface area contributed by atoms with Crippen LogP contribution in [0.3, 0.4) is 0 Å². The van der Waals surface area contributed by atoms with E-state index >= 15 is 0 Å². The van der Waals surface area contributed by atoms with Crippen LogP contribution in [0.1, 0.15) is 5.56 Å². The maximum atomic E-state index is 10.1. The van der Waals surface area contributed by atoms with Crippen LogP contribution in [0, 0.1) is 0 Å². The van der Waals surface area contributed by atoms with Crippen molar-refractivity contribution in [2.24, 2.45) is 0 Å². The van der Waals surface area contributed by atoms with Crippen LogP contribution in [0.4, 0.5) is 5.00 Å². The lowest BCUT2D eigenvalue weighted by Gasteiger charge is -2.32. The largest absolute Gasteiger partial charge is 0.508 e. The third-order valence-electron chi connectivity index (χ3n) is 3.98. The van der Waals surface area contributed by atoms with Gasteiger partial charge in [0.2, 0.25) is 0 Å².